The van der Waals surface area contributed by atoms with Crippen molar-refractivity contribution in [3.63, 3.8) is 0 Å². The molecule has 0 fully saturated rings. The molecule has 1 N–H and O–H groups in total. The third-order valence-electron chi connectivity index (χ3n) is 6.09. The number of carbonyl (C=O) groups is 2. The molecular formula is C29H34ClN3O5S. The van der Waals surface area contributed by atoms with Gasteiger partial charge in [-0.1, -0.05) is 59.6 Å². The highest BCUT2D eigenvalue weighted by atomic mass is 35.5. The summed E-state index contributed by atoms with van der Waals surface area (Å²) in [7, 11) is -2.82. The van der Waals surface area contributed by atoms with Crippen LogP contribution >= 0.6 is 11.6 Å². The number of nitrogens with one attached hydrogen (secondary N) is 1. The van der Waals surface area contributed by atoms with Gasteiger partial charge in [0.2, 0.25) is 11.8 Å². The third kappa shape index (κ3) is 7.52. The molecule has 10 heteroatoms. The third-order valence-corrected chi connectivity index (χ3v) is 8.10. The van der Waals surface area contributed by atoms with E-state index in [0.29, 0.717) is 0 Å². The van der Waals surface area contributed by atoms with Gasteiger partial charge >= 0.3 is 0 Å². The number of rotatable bonds is 11. The lowest BCUT2D eigenvalue weighted by atomic mass is 10.1. The largest absolute Gasteiger partial charge is 0.495 e. The number of carbonyl (C=O) groups excluding carboxylic acids is 2. The van der Waals surface area contributed by atoms with Crippen molar-refractivity contribution in [1.82, 2.24) is 10.2 Å². The average Bonchev–Trinajstić information content (AvgIpc) is 2.90. The van der Waals surface area contributed by atoms with Crippen LogP contribution in [0.15, 0.2) is 77.7 Å². The van der Waals surface area contributed by atoms with Crippen LogP contribution in [0.25, 0.3) is 0 Å². The van der Waals surface area contributed by atoms with Crippen LogP contribution in [0.1, 0.15) is 31.9 Å². The van der Waals surface area contributed by atoms with Gasteiger partial charge in [-0.2, -0.15) is 0 Å². The van der Waals surface area contributed by atoms with Crippen molar-refractivity contribution >= 4 is 39.1 Å². The zero-order valence-corrected chi connectivity index (χ0v) is 24.3. The van der Waals surface area contributed by atoms with Crippen molar-refractivity contribution in [3.05, 3.63) is 88.9 Å². The summed E-state index contributed by atoms with van der Waals surface area (Å²) in [4.78, 5) is 28.3. The van der Waals surface area contributed by atoms with Gasteiger partial charge in [-0.3, -0.25) is 13.9 Å². The monoisotopic (exact) mass is 571 g/mol. The van der Waals surface area contributed by atoms with E-state index in [2.05, 4.69) is 5.32 Å². The molecule has 3 rings (SSSR count). The summed E-state index contributed by atoms with van der Waals surface area (Å²) in [6.45, 7) is 6.76. The first-order chi connectivity index (χ1) is 18.4. The van der Waals surface area contributed by atoms with Crippen LogP contribution in [0, 0.1) is 6.92 Å². The van der Waals surface area contributed by atoms with Crippen molar-refractivity contribution in [2.45, 2.75) is 51.2 Å². The summed E-state index contributed by atoms with van der Waals surface area (Å²) in [6, 6.07) is 18.9. The number of halogens is 1. The highest BCUT2D eigenvalue weighted by molar-refractivity contribution is 7.92. The Kier molecular flexibility index (Phi) is 9.99. The summed E-state index contributed by atoms with van der Waals surface area (Å²) in [5.74, 6) is -0.686. The van der Waals surface area contributed by atoms with Gasteiger partial charge in [-0.15, -0.1) is 0 Å². The average molecular weight is 572 g/mol. The second-order valence-corrected chi connectivity index (χ2v) is 11.8. The van der Waals surface area contributed by atoms with Crippen LogP contribution in [0.4, 0.5) is 5.69 Å². The van der Waals surface area contributed by atoms with E-state index < -0.39 is 28.5 Å². The first kappa shape index (κ1) is 30.0. The number of aryl methyl sites for hydroxylation is 1. The Labute approximate surface area is 235 Å². The maximum Gasteiger partial charge on any atom is 0.264 e. The minimum Gasteiger partial charge on any atom is -0.495 e. The van der Waals surface area contributed by atoms with E-state index in [1.807, 2.05) is 45.0 Å². The van der Waals surface area contributed by atoms with E-state index in [9.17, 15) is 18.0 Å². The molecule has 0 spiro atoms. The number of anilines is 1. The Hall–Kier alpha value is -3.56. The Morgan fingerprint density at radius 2 is 1.62 bits per heavy atom. The molecule has 0 aliphatic rings. The number of methoxy groups -OCH3 is 1. The molecular weight excluding hydrogens is 538 g/mol. The predicted molar refractivity (Wildman–Crippen MR) is 153 cm³/mol. The molecule has 1 atom stereocenters. The fourth-order valence-electron chi connectivity index (χ4n) is 3.97. The summed E-state index contributed by atoms with van der Waals surface area (Å²) in [5, 5.41) is 3.11. The van der Waals surface area contributed by atoms with Gasteiger partial charge in [-0.05, 0) is 63.6 Å². The van der Waals surface area contributed by atoms with Crippen molar-refractivity contribution in [2.24, 2.45) is 0 Å². The Morgan fingerprint density at radius 3 is 2.21 bits per heavy atom. The zero-order valence-electron chi connectivity index (χ0n) is 22.7. The molecule has 3 aromatic carbocycles. The molecule has 0 bridgehead atoms. The first-order valence-corrected chi connectivity index (χ1v) is 14.3. The summed E-state index contributed by atoms with van der Waals surface area (Å²) in [6.07, 6.45) is 0. The van der Waals surface area contributed by atoms with Crippen LogP contribution in [0.5, 0.6) is 5.75 Å². The number of nitrogens with zero attached hydrogens (tertiary/aromatic N) is 2. The van der Waals surface area contributed by atoms with Crippen LogP contribution in [-0.2, 0) is 26.2 Å². The maximum absolute atomic E-state index is 14.0. The van der Waals surface area contributed by atoms with Crippen molar-refractivity contribution < 1.29 is 22.7 Å². The lowest BCUT2D eigenvalue weighted by Gasteiger charge is -2.32. The molecule has 3 aromatic rings. The number of ether oxygens (including phenoxy) is 1. The zero-order chi connectivity index (χ0) is 28.7. The Balaban J connectivity index is 2.08. The molecule has 39 heavy (non-hydrogen) atoms. The Bertz CT molecular complexity index is 1400. The molecule has 2 amide bonds. The second kappa shape index (κ2) is 13.0. The van der Waals surface area contributed by atoms with Crippen LogP contribution in [-0.4, -0.2) is 50.9 Å². The molecule has 0 saturated carbocycles. The van der Waals surface area contributed by atoms with Crippen molar-refractivity contribution in [2.75, 3.05) is 18.0 Å². The number of sulfonamides is 1. The van der Waals surface area contributed by atoms with E-state index in [1.165, 1.54) is 30.2 Å². The number of amides is 2. The minimum absolute atomic E-state index is 0.00416. The number of hydrogen-bond acceptors (Lipinski definition) is 5. The van der Waals surface area contributed by atoms with Crippen LogP contribution in [0.3, 0.4) is 0 Å². The van der Waals surface area contributed by atoms with Gasteiger partial charge in [0.25, 0.3) is 10.0 Å². The van der Waals surface area contributed by atoms with Crippen molar-refractivity contribution in [1.29, 1.82) is 0 Å². The summed E-state index contributed by atoms with van der Waals surface area (Å²) < 4.78 is 34.2. The summed E-state index contributed by atoms with van der Waals surface area (Å²) >= 11 is 6.25. The molecule has 0 aliphatic heterocycles. The van der Waals surface area contributed by atoms with Gasteiger partial charge in [0.15, 0.2) is 0 Å². The summed E-state index contributed by atoms with van der Waals surface area (Å²) in [5.41, 5.74) is 1.96. The maximum atomic E-state index is 14.0. The number of hydrogen-bond donors (Lipinski definition) is 1. The van der Waals surface area contributed by atoms with Gasteiger partial charge in [0.1, 0.15) is 18.3 Å². The quantitative estimate of drug-likeness (QED) is 0.357. The molecule has 0 aromatic heterocycles. The molecule has 0 unspecified atom stereocenters. The van der Waals surface area contributed by atoms with Gasteiger partial charge < -0.3 is 15.0 Å². The van der Waals surface area contributed by atoms with E-state index in [1.54, 1.807) is 37.3 Å². The topological polar surface area (TPSA) is 96.0 Å². The SMILES string of the molecule is COc1ccc(Cl)cc1N(CC(=O)N(Cc1ccc(C)cc1)[C@@H](C)C(=O)NC(C)C)S(=O)(=O)c1ccccc1. The molecule has 0 aliphatic carbocycles. The van der Waals surface area contributed by atoms with E-state index in [4.69, 9.17) is 16.3 Å². The highest BCUT2D eigenvalue weighted by Crippen LogP contribution is 2.35. The second-order valence-electron chi connectivity index (χ2n) is 9.49. The highest BCUT2D eigenvalue weighted by Gasteiger charge is 2.34. The molecule has 0 radical (unpaired) electrons. The van der Waals surface area contributed by atoms with Gasteiger partial charge in [0.05, 0.1) is 17.7 Å². The first-order valence-electron chi connectivity index (χ1n) is 12.5. The minimum atomic E-state index is -4.23. The van der Waals surface area contributed by atoms with E-state index in [-0.39, 0.29) is 39.8 Å². The lowest BCUT2D eigenvalue weighted by molar-refractivity contribution is -0.139. The predicted octanol–water partition coefficient (Wildman–Crippen LogP) is 4.79. The fraction of sp³-hybridized carbons (Fsp3) is 0.310. The van der Waals surface area contributed by atoms with Gasteiger partial charge in [-0.25, -0.2) is 8.42 Å². The molecule has 0 saturated heterocycles. The molecule has 8 nitrogen and oxygen atoms in total. The van der Waals surface area contributed by atoms with E-state index in [0.717, 1.165) is 15.4 Å². The van der Waals surface area contributed by atoms with Crippen molar-refractivity contribution in [3.8, 4) is 5.75 Å². The normalized spacial score (nSPS) is 12.1. The Morgan fingerprint density at radius 1 is 0.974 bits per heavy atom. The fourth-order valence-corrected chi connectivity index (χ4v) is 5.57. The number of benzene rings is 3. The molecule has 208 valence electrons. The van der Waals surface area contributed by atoms with E-state index >= 15 is 0 Å². The van der Waals surface area contributed by atoms with Crippen LogP contribution in [0.2, 0.25) is 5.02 Å². The lowest BCUT2D eigenvalue weighted by Crippen LogP contribution is -2.52. The molecule has 0 heterocycles. The van der Waals surface area contributed by atoms with Crippen LogP contribution < -0.4 is 14.4 Å². The van der Waals surface area contributed by atoms with Gasteiger partial charge in [0, 0.05) is 17.6 Å². The standard InChI is InChI=1S/C29H34ClN3O5S/c1-20(2)31-29(35)22(4)32(18-23-13-11-21(3)12-14-23)28(34)19-33(26-17-24(30)15-16-27(26)38-5)39(36,37)25-9-7-6-8-10-25/h6-17,20,22H,18-19H2,1-5H3,(H,31,35)/t22-/m0/s1. The smallest absolute Gasteiger partial charge is 0.264 e.